The van der Waals surface area contributed by atoms with Gasteiger partial charge in [-0.05, 0) is 6.07 Å². The van der Waals surface area contributed by atoms with E-state index < -0.39 is 5.92 Å². The lowest BCUT2D eigenvalue weighted by atomic mass is 10.2. The predicted octanol–water partition coefficient (Wildman–Crippen LogP) is 1.91. The van der Waals surface area contributed by atoms with Crippen LogP contribution in [0.25, 0.3) is 0 Å². The molecule has 0 saturated carbocycles. The average Bonchev–Trinajstić information content (AvgIpc) is 2.59. The van der Waals surface area contributed by atoms with Gasteiger partial charge in [0, 0.05) is 24.7 Å². The standard InChI is InChI=1S/C11H10F2N2/c1-2-9-5-10(7-14-6-9)15-4-3-11(12,13)8-15/h1,5-7H,3-4,8H2. The van der Waals surface area contributed by atoms with Gasteiger partial charge in [-0.15, -0.1) is 6.42 Å². The summed E-state index contributed by atoms with van der Waals surface area (Å²) in [6.07, 6.45) is 8.21. The molecule has 0 bridgehead atoms. The number of alkyl halides is 2. The van der Waals surface area contributed by atoms with Crippen molar-refractivity contribution in [2.75, 3.05) is 18.0 Å². The number of anilines is 1. The fourth-order valence-corrected chi connectivity index (χ4v) is 1.64. The summed E-state index contributed by atoms with van der Waals surface area (Å²) in [7, 11) is 0. The van der Waals surface area contributed by atoms with Gasteiger partial charge in [0.1, 0.15) is 0 Å². The zero-order chi connectivity index (χ0) is 10.9. The number of hydrogen-bond acceptors (Lipinski definition) is 2. The van der Waals surface area contributed by atoms with E-state index in [4.69, 9.17) is 6.42 Å². The van der Waals surface area contributed by atoms with Crippen molar-refractivity contribution >= 4 is 5.69 Å². The first kappa shape index (κ1) is 9.91. The van der Waals surface area contributed by atoms with Crippen LogP contribution in [0.15, 0.2) is 18.5 Å². The Kier molecular flexibility index (Phi) is 2.31. The highest BCUT2D eigenvalue weighted by Crippen LogP contribution is 2.30. The van der Waals surface area contributed by atoms with Crippen LogP contribution in [0.3, 0.4) is 0 Å². The highest BCUT2D eigenvalue weighted by atomic mass is 19.3. The molecule has 2 rings (SSSR count). The Bertz CT molecular complexity index is 409. The van der Waals surface area contributed by atoms with Gasteiger partial charge in [-0.1, -0.05) is 5.92 Å². The number of rotatable bonds is 1. The summed E-state index contributed by atoms with van der Waals surface area (Å²) in [5.74, 6) is -0.156. The van der Waals surface area contributed by atoms with Gasteiger partial charge in [0.15, 0.2) is 0 Å². The molecule has 0 unspecified atom stereocenters. The molecule has 0 spiro atoms. The Balaban J connectivity index is 2.21. The van der Waals surface area contributed by atoms with Crippen molar-refractivity contribution in [3.8, 4) is 12.3 Å². The number of terminal acetylenes is 1. The van der Waals surface area contributed by atoms with Gasteiger partial charge < -0.3 is 4.90 Å². The fraction of sp³-hybridized carbons (Fsp3) is 0.364. The lowest BCUT2D eigenvalue weighted by molar-refractivity contribution is 0.0257. The van der Waals surface area contributed by atoms with Crippen molar-refractivity contribution in [3.05, 3.63) is 24.0 Å². The van der Waals surface area contributed by atoms with Crippen LogP contribution in [-0.2, 0) is 0 Å². The minimum Gasteiger partial charge on any atom is -0.364 e. The van der Waals surface area contributed by atoms with E-state index in [1.165, 1.54) is 6.20 Å². The summed E-state index contributed by atoms with van der Waals surface area (Å²) in [6, 6.07) is 1.70. The molecule has 0 aliphatic carbocycles. The molecule has 0 atom stereocenters. The minimum absolute atomic E-state index is 0.104. The third-order valence-electron chi connectivity index (χ3n) is 2.43. The number of halogens is 2. The fourth-order valence-electron chi connectivity index (χ4n) is 1.64. The van der Waals surface area contributed by atoms with Gasteiger partial charge in [-0.2, -0.15) is 0 Å². The van der Waals surface area contributed by atoms with Crippen molar-refractivity contribution in [1.82, 2.24) is 4.98 Å². The van der Waals surface area contributed by atoms with Crippen molar-refractivity contribution in [2.45, 2.75) is 12.3 Å². The van der Waals surface area contributed by atoms with E-state index in [0.29, 0.717) is 17.8 Å². The summed E-state index contributed by atoms with van der Waals surface area (Å²) in [4.78, 5) is 5.52. The van der Waals surface area contributed by atoms with Crippen LogP contribution in [0.1, 0.15) is 12.0 Å². The quantitative estimate of drug-likeness (QED) is 0.655. The maximum Gasteiger partial charge on any atom is 0.266 e. The van der Waals surface area contributed by atoms with Crippen LogP contribution in [0.5, 0.6) is 0 Å². The molecule has 0 radical (unpaired) electrons. The highest BCUT2D eigenvalue weighted by molar-refractivity contribution is 5.50. The molecule has 15 heavy (non-hydrogen) atoms. The first-order valence-corrected chi connectivity index (χ1v) is 4.65. The van der Waals surface area contributed by atoms with Crippen LogP contribution in [0, 0.1) is 12.3 Å². The van der Waals surface area contributed by atoms with Crippen molar-refractivity contribution in [2.24, 2.45) is 0 Å². The first-order valence-electron chi connectivity index (χ1n) is 4.65. The van der Waals surface area contributed by atoms with Crippen LogP contribution in [0.2, 0.25) is 0 Å². The third kappa shape index (κ3) is 2.07. The summed E-state index contributed by atoms with van der Waals surface area (Å²) >= 11 is 0. The van der Waals surface area contributed by atoms with Crippen LogP contribution in [-0.4, -0.2) is 24.0 Å². The second kappa shape index (κ2) is 3.50. The Labute approximate surface area is 86.9 Å². The maximum atomic E-state index is 13.0. The Morgan fingerprint density at radius 1 is 1.47 bits per heavy atom. The molecular formula is C11H10F2N2. The van der Waals surface area contributed by atoms with Crippen LogP contribution < -0.4 is 4.90 Å². The van der Waals surface area contributed by atoms with Gasteiger partial charge in [0.25, 0.3) is 5.92 Å². The molecule has 1 fully saturated rings. The van der Waals surface area contributed by atoms with Gasteiger partial charge in [0.05, 0.1) is 18.4 Å². The molecule has 1 aliphatic heterocycles. The molecule has 1 aromatic heterocycles. The van der Waals surface area contributed by atoms with E-state index in [-0.39, 0.29) is 13.0 Å². The third-order valence-corrected chi connectivity index (χ3v) is 2.43. The normalized spacial score (nSPS) is 18.9. The van der Waals surface area contributed by atoms with E-state index in [0.717, 1.165) is 0 Å². The maximum absolute atomic E-state index is 13.0. The lowest BCUT2D eigenvalue weighted by Crippen LogP contribution is -2.24. The first-order chi connectivity index (χ1) is 7.11. The molecule has 0 amide bonds. The topological polar surface area (TPSA) is 16.1 Å². The summed E-state index contributed by atoms with van der Waals surface area (Å²) in [6.45, 7) is 0.103. The lowest BCUT2D eigenvalue weighted by Gasteiger charge is -2.17. The molecule has 0 N–H and O–H groups in total. The van der Waals surface area contributed by atoms with E-state index in [9.17, 15) is 8.78 Å². The summed E-state index contributed by atoms with van der Waals surface area (Å²) in [5.41, 5.74) is 1.28. The van der Waals surface area contributed by atoms with Crippen molar-refractivity contribution in [1.29, 1.82) is 0 Å². The number of hydrogen-bond donors (Lipinski definition) is 0. The molecule has 0 aromatic carbocycles. The van der Waals surface area contributed by atoms with Gasteiger partial charge in [0.2, 0.25) is 0 Å². The van der Waals surface area contributed by atoms with E-state index >= 15 is 0 Å². The highest BCUT2D eigenvalue weighted by Gasteiger charge is 2.38. The largest absolute Gasteiger partial charge is 0.364 e. The zero-order valence-electron chi connectivity index (χ0n) is 8.08. The molecule has 1 saturated heterocycles. The van der Waals surface area contributed by atoms with Crippen molar-refractivity contribution < 1.29 is 8.78 Å². The second-order valence-electron chi connectivity index (χ2n) is 3.60. The monoisotopic (exact) mass is 208 g/mol. The molecule has 1 aliphatic rings. The predicted molar refractivity (Wildman–Crippen MR) is 53.9 cm³/mol. The smallest absolute Gasteiger partial charge is 0.266 e. The Morgan fingerprint density at radius 3 is 2.87 bits per heavy atom. The van der Waals surface area contributed by atoms with Crippen LogP contribution >= 0.6 is 0 Å². The Morgan fingerprint density at radius 2 is 2.27 bits per heavy atom. The van der Waals surface area contributed by atoms with Gasteiger partial charge in [-0.25, -0.2) is 8.78 Å². The summed E-state index contributed by atoms with van der Waals surface area (Å²) in [5, 5.41) is 0. The number of nitrogens with zero attached hydrogens (tertiary/aromatic N) is 2. The van der Waals surface area contributed by atoms with Gasteiger partial charge in [-0.3, -0.25) is 4.98 Å². The second-order valence-corrected chi connectivity index (χ2v) is 3.60. The molecule has 2 heterocycles. The SMILES string of the molecule is C#Cc1cncc(N2CCC(F)(F)C2)c1. The molecule has 1 aromatic rings. The van der Waals surface area contributed by atoms with Gasteiger partial charge >= 0.3 is 0 Å². The number of pyridine rings is 1. The molecule has 4 heteroatoms. The van der Waals surface area contributed by atoms with Crippen LogP contribution in [0.4, 0.5) is 14.5 Å². The van der Waals surface area contributed by atoms with E-state index in [2.05, 4.69) is 10.9 Å². The van der Waals surface area contributed by atoms with E-state index in [1.54, 1.807) is 17.2 Å². The van der Waals surface area contributed by atoms with Crippen molar-refractivity contribution in [3.63, 3.8) is 0 Å². The number of aromatic nitrogens is 1. The molecular weight excluding hydrogens is 198 g/mol. The minimum atomic E-state index is -2.59. The Hall–Kier alpha value is -1.63. The average molecular weight is 208 g/mol. The zero-order valence-corrected chi connectivity index (χ0v) is 8.08. The summed E-state index contributed by atoms with van der Waals surface area (Å²) < 4.78 is 25.9. The molecule has 78 valence electrons. The van der Waals surface area contributed by atoms with E-state index in [1.807, 2.05) is 0 Å². The molecule has 2 nitrogen and oxygen atoms in total.